The van der Waals surface area contributed by atoms with Crippen molar-refractivity contribution in [2.75, 3.05) is 40.5 Å². The second-order valence-electron chi connectivity index (χ2n) is 4.51. The van der Waals surface area contributed by atoms with Crippen LogP contribution in [-0.4, -0.2) is 57.0 Å². The largest absolute Gasteiger partial charge is 0.383 e. The van der Waals surface area contributed by atoms with Crippen LogP contribution in [0.3, 0.4) is 0 Å². The van der Waals surface area contributed by atoms with Gasteiger partial charge in [-0.3, -0.25) is 4.90 Å². The summed E-state index contributed by atoms with van der Waals surface area (Å²) in [6.45, 7) is 9.39. The number of nitrogens with two attached hydrogens (primary N) is 1. The highest BCUT2D eigenvalue weighted by Gasteiger charge is 2.28. The van der Waals surface area contributed by atoms with Crippen LogP contribution in [0.4, 0.5) is 0 Å². The number of hydrogen-bond acceptors (Lipinski definition) is 4. The molecule has 0 aromatic heterocycles. The van der Waals surface area contributed by atoms with Crippen molar-refractivity contribution in [1.82, 2.24) is 4.90 Å². The van der Waals surface area contributed by atoms with Gasteiger partial charge in [-0.15, -0.1) is 0 Å². The lowest BCUT2D eigenvalue weighted by atomic mass is 10.0. The number of hydrogen-bond donors (Lipinski definition) is 1. The molecule has 15 heavy (non-hydrogen) atoms. The Morgan fingerprint density at radius 3 is 2.27 bits per heavy atom. The molecule has 0 aromatic carbocycles. The molecule has 0 amide bonds. The lowest BCUT2D eigenvalue weighted by molar-refractivity contribution is 0.0158. The second kappa shape index (κ2) is 7.17. The highest BCUT2D eigenvalue weighted by molar-refractivity contribution is 4.85. The molecule has 1 unspecified atom stereocenters. The van der Waals surface area contributed by atoms with Gasteiger partial charge in [0.1, 0.15) is 0 Å². The van der Waals surface area contributed by atoms with Gasteiger partial charge in [0.15, 0.2) is 0 Å². The van der Waals surface area contributed by atoms with Crippen LogP contribution in [0.2, 0.25) is 0 Å². The monoisotopic (exact) mass is 218 g/mol. The summed E-state index contributed by atoms with van der Waals surface area (Å²) in [5.74, 6) is 0. The standard InChI is InChI=1S/C11H26N2O2/c1-10(8-15-5)13(6-7-14-4)11(2,3)9-12/h10H,6-9,12H2,1-5H3. The average molecular weight is 218 g/mol. The summed E-state index contributed by atoms with van der Waals surface area (Å²) in [7, 11) is 3.44. The fourth-order valence-electron chi connectivity index (χ4n) is 1.76. The normalized spacial score (nSPS) is 14.6. The lowest BCUT2D eigenvalue weighted by Gasteiger charge is -2.41. The van der Waals surface area contributed by atoms with Gasteiger partial charge in [0.05, 0.1) is 13.2 Å². The van der Waals surface area contributed by atoms with Crippen LogP contribution < -0.4 is 5.73 Å². The molecule has 0 radical (unpaired) electrons. The van der Waals surface area contributed by atoms with Crippen molar-refractivity contribution in [2.24, 2.45) is 5.73 Å². The first-order valence-electron chi connectivity index (χ1n) is 5.44. The number of rotatable bonds is 8. The van der Waals surface area contributed by atoms with Crippen molar-refractivity contribution in [3.05, 3.63) is 0 Å². The topological polar surface area (TPSA) is 47.7 Å². The fraction of sp³-hybridized carbons (Fsp3) is 1.00. The zero-order valence-electron chi connectivity index (χ0n) is 10.7. The van der Waals surface area contributed by atoms with E-state index in [9.17, 15) is 0 Å². The van der Waals surface area contributed by atoms with E-state index in [1.165, 1.54) is 0 Å². The highest BCUT2D eigenvalue weighted by Crippen LogP contribution is 2.16. The Bertz CT molecular complexity index is 163. The molecule has 0 spiro atoms. The molecule has 0 saturated carbocycles. The van der Waals surface area contributed by atoms with Crippen LogP contribution in [0.5, 0.6) is 0 Å². The Hall–Kier alpha value is -0.160. The van der Waals surface area contributed by atoms with Gasteiger partial charge in [0.25, 0.3) is 0 Å². The molecule has 0 saturated heterocycles. The molecular weight excluding hydrogens is 192 g/mol. The minimum Gasteiger partial charge on any atom is -0.383 e. The van der Waals surface area contributed by atoms with E-state index in [0.29, 0.717) is 19.2 Å². The average Bonchev–Trinajstić information content (AvgIpc) is 2.18. The molecule has 0 heterocycles. The maximum Gasteiger partial charge on any atom is 0.0615 e. The number of ether oxygens (including phenoxy) is 2. The number of methoxy groups -OCH3 is 2. The second-order valence-corrected chi connectivity index (χ2v) is 4.51. The quantitative estimate of drug-likeness (QED) is 0.652. The number of nitrogens with zero attached hydrogens (tertiary/aromatic N) is 1. The van der Waals surface area contributed by atoms with Crippen LogP contribution in [0, 0.1) is 0 Å². The first-order chi connectivity index (χ1) is 6.99. The van der Waals surface area contributed by atoms with Crippen molar-refractivity contribution in [3.63, 3.8) is 0 Å². The van der Waals surface area contributed by atoms with Crippen molar-refractivity contribution in [2.45, 2.75) is 32.4 Å². The first-order valence-corrected chi connectivity index (χ1v) is 5.44. The molecule has 0 aliphatic heterocycles. The Morgan fingerprint density at radius 1 is 1.27 bits per heavy atom. The molecule has 0 aromatic rings. The van der Waals surface area contributed by atoms with E-state index >= 15 is 0 Å². The predicted molar refractivity (Wildman–Crippen MR) is 63.1 cm³/mol. The molecule has 92 valence electrons. The lowest BCUT2D eigenvalue weighted by Crippen LogP contribution is -2.55. The first kappa shape index (κ1) is 14.8. The van der Waals surface area contributed by atoms with E-state index in [1.54, 1.807) is 14.2 Å². The molecule has 0 aliphatic rings. The Labute approximate surface area is 93.7 Å². The van der Waals surface area contributed by atoms with E-state index in [2.05, 4.69) is 25.7 Å². The van der Waals surface area contributed by atoms with E-state index in [4.69, 9.17) is 15.2 Å². The Morgan fingerprint density at radius 2 is 1.87 bits per heavy atom. The highest BCUT2D eigenvalue weighted by atomic mass is 16.5. The third-order valence-electron chi connectivity index (χ3n) is 2.75. The molecule has 0 bridgehead atoms. The van der Waals surface area contributed by atoms with E-state index in [-0.39, 0.29) is 5.54 Å². The van der Waals surface area contributed by atoms with E-state index in [0.717, 1.165) is 13.2 Å². The molecule has 0 rings (SSSR count). The molecule has 4 nitrogen and oxygen atoms in total. The van der Waals surface area contributed by atoms with Crippen LogP contribution in [0.1, 0.15) is 20.8 Å². The van der Waals surface area contributed by atoms with Crippen molar-refractivity contribution in [3.8, 4) is 0 Å². The van der Waals surface area contributed by atoms with E-state index < -0.39 is 0 Å². The van der Waals surface area contributed by atoms with Gasteiger partial charge >= 0.3 is 0 Å². The van der Waals surface area contributed by atoms with Crippen LogP contribution >= 0.6 is 0 Å². The zero-order chi connectivity index (χ0) is 11.9. The molecular formula is C11H26N2O2. The maximum absolute atomic E-state index is 5.79. The molecule has 0 fully saturated rings. The third kappa shape index (κ3) is 4.93. The van der Waals surface area contributed by atoms with Crippen LogP contribution in [-0.2, 0) is 9.47 Å². The fourth-order valence-corrected chi connectivity index (χ4v) is 1.76. The summed E-state index contributed by atoms with van der Waals surface area (Å²) in [6, 6.07) is 0.351. The molecule has 2 N–H and O–H groups in total. The Balaban J connectivity index is 4.41. The summed E-state index contributed by atoms with van der Waals surface area (Å²) in [5, 5.41) is 0. The van der Waals surface area contributed by atoms with Gasteiger partial charge in [0.2, 0.25) is 0 Å². The summed E-state index contributed by atoms with van der Waals surface area (Å²) in [6.07, 6.45) is 0. The SMILES string of the molecule is COCCN(C(C)COC)C(C)(C)CN. The van der Waals surface area contributed by atoms with Gasteiger partial charge in [-0.25, -0.2) is 0 Å². The molecule has 1 atom stereocenters. The Kier molecular flexibility index (Phi) is 7.09. The van der Waals surface area contributed by atoms with Gasteiger partial charge in [0, 0.05) is 38.9 Å². The van der Waals surface area contributed by atoms with E-state index in [1.807, 2.05) is 0 Å². The summed E-state index contributed by atoms with van der Waals surface area (Å²) in [4.78, 5) is 2.33. The molecule has 0 aliphatic carbocycles. The van der Waals surface area contributed by atoms with Crippen molar-refractivity contribution < 1.29 is 9.47 Å². The predicted octanol–water partition coefficient (Wildman–Crippen LogP) is 0.707. The summed E-state index contributed by atoms with van der Waals surface area (Å²) >= 11 is 0. The summed E-state index contributed by atoms with van der Waals surface area (Å²) in [5.41, 5.74) is 5.77. The maximum atomic E-state index is 5.79. The smallest absolute Gasteiger partial charge is 0.0615 e. The van der Waals surface area contributed by atoms with Crippen molar-refractivity contribution in [1.29, 1.82) is 0 Å². The van der Waals surface area contributed by atoms with Crippen LogP contribution in [0.25, 0.3) is 0 Å². The van der Waals surface area contributed by atoms with Crippen LogP contribution in [0.15, 0.2) is 0 Å². The van der Waals surface area contributed by atoms with Gasteiger partial charge < -0.3 is 15.2 Å². The van der Waals surface area contributed by atoms with Gasteiger partial charge in [-0.05, 0) is 20.8 Å². The third-order valence-corrected chi connectivity index (χ3v) is 2.75. The minimum atomic E-state index is -0.0174. The van der Waals surface area contributed by atoms with Gasteiger partial charge in [-0.1, -0.05) is 0 Å². The van der Waals surface area contributed by atoms with Crippen molar-refractivity contribution >= 4 is 0 Å². The molecule has 4 heteroatoms. The zero-order valence-corrected chi connectivity index (χ0v) is 10.7. The minimum absolute atomic E-state index is 0.0174. The van der Waals surface area contributed by atoms with Gasteiger partial charge in [-0.2, -0.15) is 0 Å². The summed E-state index contributed by atoms with van der Waals surface area (Å²) < 4.78 is 10.3.